The molecule has 168 valence electrons. The fourth-order valence-corrected chi connectivity index (χ4v) is 7.53. The van der Waals surface area contributed by atoms with Crippen LogP contribution < -0.4 is 0 Å². The second kappa shape index (κ2) is 9.65. The Labute approximate surface area is 185 Å². The maximum absolute atomic E-state index is 13.3. The number of carbonyl (C=O) groups excluding carboxylic acids is 1. The second-order valence-corrected chi connectivity index (χ2v) is 12.1. The standard InChI is InChI=1S/C22H35N3O3S2/c1-2-3-15-30(27,28)24-13-11-17(12-14-24)21-23-20(16-29-21)22(26)25(19-9-10-19)18-7-5-4-6-8-18/h16-19H,2-15H2,1H3. The van der Waals surface area contributed by atoms with Crippen molar-refractivity contribution in [2.45, 2.75) is 95.6 Å². The van der Waals surface area contributed by atoms with Gasteiger partial charge in [0, 0.05) is 36.5 Å². The Balaban J connectivity index is 1.38. The molecule has 1 aromatic rings. The lowest BCUT2D eigenvalue weighted by Crippen LogP contribution is -2.43. The van der Waals surface area contributed by atoms with Crippen molar-refractivity contribution in [1.29, 1.82) is 0 Å². The maximum atomic E-state index is 13.3. The number of carbonyl (C=O) groups is 1. The van der Waals surface area contributed by atoms with Gasteiger partial charge in [-0.15, -0.1) is 11.3 Å². The van der Waals surface area contributed by atoms with Crippen LogP contribution in [0, 0.1) is 0 Å². The number of unbranched alkanes of at least 4 members (excludes halogenated alkanes) is 1. The molecule has 30 heavy (non-hydrogen) atoms. The Morgan fingerprint density at radius 2 is 1.77 bits per heavy atom. The first-order chi connectivity index (χ1) is 14.5. The molecule has 1 aliphatic heterocycles. The van der Waals surface area contributed by atoms with Gasteiger partial charge < -0.3 is 4.90 Å². The van der Waals surface area contributed by atoms with Crippen LogP contribution in [0.25, 0.3) is 0 Å². The summed E-state index contributed by atoms with van der Waals surface area (Å²) in [6.45, 7) is 3.15. The maximum Gasteiger partial charge on any atom is 0.273 e. The fraction of sp³-hybridized carbons (Fsp3) is 0.818. The molecule has 0 N–H and O–H groups in total. The quantitative estimate of drug-likeness (QED) is 0.585. The van der Waals surface area contributed by atoms with Crippen molar-refractivity contribution in [2.75, 3.05) is 18.8 Å². The first kappa shape index (κ1) is 22.2. The highest BCUT2D eigenvalue weighted by Crippen LogP contribution is 2.36. The summed E-state index contributed by atoms with van der Waals surface area (Å²) in [6.07, 6.45) is 11.5. The topological polar surface area (TPSA) is 70.6 Å². The number of nitrogens with zero attached hydrogens (tertiary/aromatic N) is 3. The first-order valence-corrected chi connectivity index (χ1v) is 14.2. The normalized spacial score (nSPS) is 22.3. The highest BCUT2D eigenvalue weighted by molar-refractivity contribution is 7.89. The van der Waals surface area contributed by atoms with Crippen molar-refractivity contribution in [3.63, 3.8) is 0 Å². The van der Waals surface area contributed by atoms with Crippen molar-refractivity contribution in [2.24, 2.45) is 0 Å². The van der Waals surface area contributed by atoms with E-state index >= 15 is 0 Å². The molecule has 0 aromatic carbocycles. The Hall–Kier alpha value is -0.990. The van der Waals surface area contributed by atoms with Gasteiger partial charge in [0.25, 0.3) is 5.91 Å². The average molecular weight is 454 g/mol. The van der Waals surface area contributed by atoms with Crippen LogP contribution in [0.4, 0.5) is 0 Å². The molecule has 1 saturated heterocycles. The van der Waals surface area contributed by atoms with Gasteiger partial charge in [-0.25, -0.2) is 17.7 Å². The zero-order valence-electron chi connectivity index (χ0n) is 18.1. The van der Waals surface area contributed by atoms with E-state index in [0.29, 0.717) is 30.9 Å². The van der Waals surface area contributed by atoms with E-state index < -0.39 is 10.0 Å². The monoisotopic (exact) mass is 453 g/mol. The molecule has 2 aliphatic carbocycles. The third-order valence-corrected chi connectivity index (χ3v) is 9.80. The molecule has 3 fully saturated rings. The zero-order chi connectivity index (χ0) is 21.1. The van der Waals surface area contributed by atoms with Gasteiger partial charge in [0.1, 0.15) is 5.69 Å². The van der Waals surface area contributed by atoms with Crippen LogP contribution in [-0.4, -0.2) is 59.4 Å². The summed E-state index contributed by atoms with van der Waals surface area (Å²) in [6, 6.07) is 0.808. The van der Waals surface area contributed by atoms with Gasteiger partial charge in [-0.3, -0.25) is 4.79 Å². The lowest BCUT2D eigenvalue weighted by Gasteiger charge is -2.34. The van der Waals surface area contributed by atoms with E-state index in [4.69, 9.17) is 4.98 Å². The van der Waals surface area contributed by atoms with Crippen molar-refractivity contribution in [3.05, 3.63) is 16.1 Å². The van der Waals surface area contributed by atoms with Crippen molar-refractivity contribution < 1.29 is 13.2 Å². The summed E-state index contributed by atoms with van der Waals surface area (Å²) in [4.78, 5) is 20.2. The lowest BCUT2D eigenvalue weighted by molar-refractivity contribution is 0.0608. The van der Waals surface area contributed by atoms with Crippen LogP contribution >= 0.6 is 11.3 Å². The van der Waals surface area contributed by atoms with Gasteiger partial charge in [0.15, 0.2) is 0 Å². The van der Waals surface area contributed by atoms with Crippen molar-refractivity contribution >= 4 is 27.3 Å². The summed E-state index contributed by atoms with van der Waals surface area (Å²) in [5.41, 5.74) is 0.602. The molecule has 2 saturated carbocycles. The Morgan fingerprint density at radius 3 is 2.40 bits per heavy atom. The molecule has 3 aliphatic rings. The largest absolute Gasteiger partial charge is 0.331 e. The van der Waals surface area contributed by atoms with E-state index in [2.05, 4.69) is 4.90 Å². The number of hydrogen-bond donors (Lipinski definition) is 0. The highest BCUT2D eigenvalue weighted by Gasteiger charge is 2.39. The van der Waals surface area contributed by atoms with Gasteiger partial charge >= 0.3 is 0 Å². The minimum absolute atomic E-state index is 0.117. The Kier molecular flexibility index (Phi) is 7.15. The van der Waals surface area contributed by atoms with Gasteiger partial charge in [0.2, 0.25) is 10.0 Å². The van der Waals surface area contributed by atoms with Crippen LogP contribution in [0.15, 0.2) is 5.38 Å². The minimum atomic E-state index is -3.13. The molecule has 0 spiro atoms. The molecule has 6 nitrogen and oxygen atoms in total. The average Bonchev–Trinajstić information content (AvgIpc) is 3.47. The van der Waals surface area contributed by atoms with Crippen LogP contribution in [0.3, 0.4) is 0 Å². The second-order valence-electron chi connectivity index (χ2n) is 9.15. The SMILES string of the molecule is CCCCS(=O)(=O)N1CCC(c2nc(C(=O)N(C3CCCCC3)C3CC3)cs2)CC1. The third kappa shape index (κ3) is 5.07. The van der Waals surface area contributed by atoms with Gasteiger partial charge in [-0.2, -0.15) is 0 Å². The summed E-state index contributed by atoms with van der Waals surface area (Å²) in [7, 11) is -3.13. The van der Waals surface area contributed by atoms with E-state index in [9.17, 15) is 13.2 Å². The summed E-state index contributed by atoms with van der Waals surface area (Å²) in [5.74, 6) is 0.632. The summed E-state index contributed by atoms with van der Waals surface area (Å²) in [5, 5.41) is 2.93. The number of piperidine rings is 1. The Bertz CT molecular complexity index is 820. The van der Waals surface area contributed by atoms with E-state index in [1.54, 1.807) is 15.6 Å². The molecule has 0 unspecified atom stereocenters. The van der Waals surface area contributed by atoms with Gasteiger partial charge in [-0.05, 0) is 44.9 Å². The number of thiazole rings is 1. The Morgan fingerprint density at radius 1 is 1.10 bits per heavy atom. The summed E-state index contributed by atoms with van der Waals surface area (Å²) >= 11 is 1.58. The number of hydrogen-bond acceptors (Lipinski definition) is 5. The predicted octanol–water partition coefficient (Wildman–Crippen LogP) is 4.39. The van der Waals surface area contributed by atoms with Crippen LogP contribution in [0.2, 0.25) is 0 Å². The third-order valence-electron chi connectivity index (χ3n) is 6.84. The minimum Gasteiger partial charge on any atom is -0.331 e. The summed E-state index contributed by atoms with van der Waals surface area (Å²) < 4.78 is 26.5. The van der Waals surface area contributed by atoms with Gasteiger partial charge in [-0.1, -0.05) is 32.6 Å². The van der Waals surface area contributed by atoms with Crippen molar-refractivity contribution in [3.8, 4) is 0 Å². The number of amides is 1. The molecule has 4 rings (SSSR count). The molecule has 8 heteroatoms. The molecule has 0 bridgehead atoms. The molecule has 1 amide bonds. The smallest absolute Gasteiger partial charge is 0.273 e. The van der Waals surface area contributed by atoms with Crippen LogP contribution in [-0.2, 0) is 10.0 Å². The fourth-order valence-electron chi connectivity index (χ4n) is 4.88. The zero-order valence-corrected chi connectivity index (χ0v) is 19.7. The van der Waals surface area contributed by atoms with Crippen LogP contribution in [0.1, 0.15) is 99.0 Å². The first-order valence-electron chi connectivity index (χ1n) is 11.8. The predicted molar refractivity (Wildman–Crippen MR) is 120 cm³/mol. The van der Waals surface area contributed by atoms with Crippen molar-refractivity contribution in [1.82, 2.24) is 14.2 Å². The molecule has 0 atom stereocenters. The molecular weight excluding hydrogens is 418 g/mol. The van der Waals surface area contributed by atoms with E-state index in [1.807, 2.05) is 12.3 Å². The van der Waals surface area contributed by atoms with Crippen LogP contribution in [0.5, 0.6) is 0 Å². The number of sulfonamides is 1. The molecule has 0 radical (unpaired) electrons. The molecule has 1 aromatic heterocycles. The van der Waals surface area contributed by atoms with E-state index in [0.717, 1.165) is 56.4 Å². The van der Waals surface area contributed by atoms with Gasteiger partial charge in [0.05, 0.1) is 10.8 Å². The number of rotatable bonds is 8. The molecule has 2 heterocycles. The van der Waals surface area contributed by atoms with E-state index in [-0.39, 0.29) is 17.6 Å². The van der Waals surface area contributed by atoms with E-state index in [1.165, 1.54) is 19.3 Å². The highest BCUT2D eigenvalue weighted by atomic mass is 32.2. The number of aromatic nitrogens is 1. The molecular formula is C22H35N3O3S2. The lowest BCUT2D eigenvalue weighted by atomic mass is 9.94.